The number of aryl methyl sites for hydroxylation is 2. The third kappa shape index (κ3) is 4.36. The third-order valence-electron chi connectivity index (χ3n) is 9.20. The number of rotatable bonds is 4. The lowest BCUT2D eigenvalue weighted by atomic mass is 9.86. The average molecular weight is 576 g/mol. The van der Waals surface area contributed by atoms with Crippen molar-refractivity contribution < 1.29 is 0 Å². The van der Waals surface area contributed by atoms with Crippen LogP contribution in [0.5, 0.6) is 0 Å². The highest BCUT2D eigenvalue weighted by Gasteiger charge is 2.18. The number of aromatic nitrogens is 3. The van der Waals surface area contributed by atoms with Crippen molar-refractivity contribution >= 4 is 21.8 Å². The molecular weight excluding hydrogens is 546 g/mol. The predicted octanol–water partition coefficient (Wildman–Crippen LogP) is 10.3. The Bertz CT molecular complexity index is 2380. The number of benzene rings is 5. The summed E-state index contributed by atoms with van der Waals surface area (Å²) in [5, 5.41) is 2.46. The minimum atomic E-state index is 0.962. The maximum Gasteiger partial charge on any atom is 0.0708 e. The molecule has 0 spiro atoms. The van der Waals surface area contributed by atoms with E-state index in [1.165, 1.54) is 44.1 Å². The third-order valence-corrected chi connectivity index (χ3v) is 9.20. The summed E-state index contributed by atoms with van der Waals surface area (Å²) in [6, 6.07) is 50.0. The van der Waals surface area contributed by atoms with Crippen LogP contribution in [0, 0.1) is 0 Å². The molecule has 212 valence electrons. The molecule has 45 heavy (non-hydrogen) atoms. The standard InChI is InChI=1S/C42H29N3/c1-2-9-28(10-3-1)30-21-22-43-39(24-30)33-19-20-37-36-15-6-7-16-41(36)45(42(37)26-33)34-13-8-12-32(23-34)40-25-31-18-17-29-11-4-5-14-35(29)38(31)27-44-40/h1-16,19-27H,17-18H2. The molecule has 0 radical (unpaired) electrons. The average Bonchev–Trinajstić information content (AvgIpc) is 3.45. The molecule has 3 heteroatoms. The summed E-state index contributed by atoms with van der Waals surface area (Å²) in [6.07, 6.45) is 6.08. The Balaban J connectivity index is 1.17. The van der Waals surface area contributed by atoms with E-state index in [4.69, 9.17) is 9.97 Å². The highest BCUT2D eigenvalue weighted by Crippen LogP contribution is 2.37. The van der Waals surface area contributed by atoms with Gasteiger partial charge in [0.15, 0.2) is 0 Å². The fourth-order valence-electron chi connectivity index (χ4n) is 6.99. The second-order valence-electron chi connectivity index (χ2n) is 11.8. The quantitative estimate of drug-likeness (QED) is 0.209. The van der Waals surface area contributed by atoms with Gasteiger partial charge < -0.3 is 4.57 Å². The lowest BCUT2D eigenvalue weighted by molar-refractivity contribution is 0.937. The van der Waals surface area contributed by atoms with Gasteiger partial charge in [-0.2, -0.15) is 0 Å². The van der Waals surface area contributed by atoms with Gasteiger partial charge in [-0.05, 0) is 83.1 Å². The van der Waals surface area contributed by atoms with Gasteiger partial charge in [0.1, 0.15) is 0 Å². The van der Waals surface area contributed by atoms with Crippen LogP contribution in [-0.4, -0.2) is 14.5 Å². The molecule has 3 nitrogen and oxygen atoms in total. The SMILES string of the molecule is c1ccc(-c2ccnc(-c3ccc4c5ccccc5n(-c5cccc(-c6cc7c(cn6)-c6ccccc6CC7)c5)c4c3)c2)cc1. The monoisotopic (exact) mass is 575 g/mol. The van der Waals surface area contributed by atoms with Gasteiger partial charge in [0.2, 0.25) is 0 Å². The molecule has 3 aromatic heterocycles. The number of fused-ring (bicyclic) bond motifs is 6. The first-order valence-corrected chi connectivity index (χ1v) is 15.5. The van der Waals surface area contributed by atoms with E-state index in [9.17, 15) is 0 Å². The van der Waals surface area contributed by atoms with E-state index in [2.05, 4.69) is 144 Å². The Kier molecular flexibility index (Phi) is 5.95. The van der Waals surface area contributed by atoms with Gasteiger partial charge in [0.05, 0.1) is 22.4 Å². The van der Waals surface area contributed by atoms with Crippen LogP contribution in [0.3, 0.4) is 0 Å². The van der Waals surface area contributed by atoms with Gasteiger partial charge in [-0.1, -0.05) is 97.1 Å². The number of para-hydroxylation sites is 1. The highest BCUT2D eigenvalue weighted by atomic mass is 15.0. The minimum Gasteiger partial charge on any atom is -0.309 e. The summed E-state index contributed by atoms with van der Waals surface area (Å²) in [7, 11) is 0. The molecule has 0 aliphatic heterocycles. The second kappa shape index (κ2) is 10.4. The van der Waals surface area contributed by atoms with Gasteiger partial charge >= 0.3 is 0 Å². The molecule has 1 aliphatic carbocycles. The summed E-state index contributed by atoms with van der Waals surface area (Å²) in [4.78, 5) is 9.76. The molecule has 8 aromatic rings. The van der Waals surface area contributed by atoms with Gasteiger partial charge in [0.25, 0.3) is 0 Å². The smallest absolute Gasteiger partial charge is 0.0708 e. The van der Waals surface area contributed by atoms with Crippen molar-refractivity contribution in [2.45, 2.75) is 12.8 Å². The van der Waals surface area contributed by atoms with Crippen molar-refractivity contribution in [1.82, 2.24) is 14.5 Å². The van der Waals surface area contributed by atoms with Crippen LogP contribution in [0.4, 0.5) is 0 Å². The maximum atomic E-state index is 4.98. The van der Waals surface area contributed by atoms with Crippen molar-refractivity contribution in [2.24, 2.45) is 0 Å². The van der Waals surface area contributed by atoms with Crippen LogP contribution in [0.2, 0.25) is 0 Å². The van der Waals surface area contributed by atoms with Gasteiger partial charge in [-0.3, -0.25) is 9.97 Å². The van der Waals surface area contributed by atoms with Crippen molar-refractivity contribution in [3.8, 4) is 50.5 Å². The van der Waals surface area contributed by atoms with E-state index < -0.39 is 0 Å². The van der Waals surface area contributed by atoms with Crippen LogP contribution >= 0.6 is 0 Å². The normalized spacial score (nSPS) is 12.3. The van der Waals surface area contributed by atoms with Gasteiger partial charge in [-0.15, -0.1) is 0 Å². The van der Waals surface area contributed by atoms with Gasteiger partial charge in [-0.25, -0.2) is 0 Å². The van der Waals surface area contributed by atoms with Crippen LogP contribution in [0.15, 0.2) is 152 Å². The zero-order valence-corrected chi connectivity index (χ0v) is 24.7. The molecule has 9 rings (SSSR count). The highest BCUT2D eigenvalue weighted by molar-refractivity contribution is 6.10. The summed E-state index contributed by atoms with van der Waals surface area (Å²) in [5.74, 6) is 0. The summed E-state index contributed by atoms with van der Waals surface area (Å²) >= 11 is 0. The first-order chi connectivity index (χ1) is 22.3. The molecule has 0 bridgehead atoms. The molecule has 0 saturated carbocycles. The van der Waals surface area contributed by atoms with Crippen LogP contribution in [0.25, 0.3) is 72.3 Å². The Hall–Kier alpha value is -5.80. The fourth-order valence-corrected chi connectivity index (χ4v) is 6.99. The Morgan fingerprint density at radius 2 is 1.20 bits per heavy atom. The van der Waals surface area contributed by atoms with E-state index >= 15 is 0 Å². The Morgan fingerprint density at radius 1 is 0.444 bits per heavy atom. The van der Waals surface area contributed by atoms with E-state index in [1.54, 1.807) is 0 Å². The topological polar surface area (TPSA) is 30.7 Å². The van der Waals surface area contributed by atoms with E-state index in [0.717, 1.165) is 52.1 Å². The molecule has 0 amide bonds. The molecule has 0 N–H and O–H groups in total. The fraction of sp³-hybridized carbons (Fsp3) is 0.0476. The molecule has 0 atom stereocenters. The van der Waals surface area contributed by atoms with Crippen molar-refractivity contribution in [1.29, 1.82) is 0 Å². The van der Waals surface area contributed by atoms with Crippen LogP contribution in [0.1, 0.15) is 11.1 Å². The van der Waals surface area contributed by atoms with Crippen LogP contribution in [-0.2, 0) is 12.8 Å². The number of pyridine rings is 2. The molecular formula is C42H29N3. The molecule has 0 saturated heterocycles. The Morgan fingerprint density at radius 3 is 2.16 bits per heavy atom. The molecule has 5 aromatic carbocycles. The first-order valence-electron chi connectivity index (χ1n) is 15.5. The van der Waals surface area contributed by atoms with Gasteiger partial charge in [0, 0.05) is 45.5 Å². The van der Waals surface area contributed by atoms with E-state index in [1.807, 2.05) is 12.3 Å². The second-order valence-corrected chi connectivity index (χ2v) is 11.8. The molecule has 0 unspecified atom stereocenters. The molecule has 3 heterocycles. The van der Waals surface area contributed by atoms with Crippen LogP contribution < -0.4 is 0 Å². The molecule has 0 fully saturated rings. The number of hydrogen-bond acceptors (Lipinski definition) is 2. The van der Waals surface area contributed by atoms with E-state index in [0.29, 0.717) is 0 Å². The lowest BCUT2D eigenvalue weighted by Gasteiger charge is -2.20. The lowest BCUT2D eigenvalue weighted by Crippen LogP contribution is -2.05. The summed E-state index contributed by atoms with van der Waals surface area (Å²) in [6.45, 7) is 0. The predicted molar refractivity (Wildman–Crippen MR) is 186 cm³/mol. The van der Waals surface area contributed by atoms with Crippen molar-refractivity contribution in [3.63, 3.8) is 0 Å². The maximum absolute atomic E-state index is 4.98. The van der Waals surface area contributed by atoms with Crippen molar-refractivity contribution in [2.75, 3.05) is 0 Å². The van der Waals surface area contributed by atoms with Crippen molar-refractivity contribution in [3.05, 3.63) is 163 Å². The first kappa shape index (κ1) is 25.7. The summed E-state index contributed by atoms with van der Waals surface area (Å²) < 4.78 is 2.38. The van der Waals surface area contributed by atoms with E-state index in [-0.39, 0.29) is 0 Å². The zero-order valence-electron chi connectivity index (χ0n) is 24.7. The number of nitrogens with zero attached hydrogens (tertiary/aromatic N) is 3. The molecule has 1 aliphatic rings. The summed E-state index contributed by atoms with van der Waals surface area (Å²) in [5.41, 5.74) is 15.4. The number of hydrogen-bond donors (Lipinski definition) is 0. The Labute approximate surface area is 262 Å². The minimum absolute atomic E-state index is 0.962. The zero-order chi connectivity index (χ0) is 29.7. The largest absolute Gasteiger partial charge is 0.309 e.